The summed E-state index contributed by atoms with van der Waals surface area (Å²) in [6.07, 6.45) is 8.40. The van der Waals surface area contributed by atoms with Crippen molar-refractivity contribution in [1.82, 2.24) is 9.97 Å². The molecule has 1 aromatic rings. The van der Waals surface area contributed by atoms with E-state index < -0.39 is 0 Å². The molecule has 88 valence electrons. The Morgan fingerprint density at radius 3 is 2.88 bits per heavy atom. The lowest BCUT2D eigenvalue weighted by atomic mass is 10.0. The zero-order valence-electron chi connectivity index (χ0n) is 9.76. The average molecular weight is 221 g/mol. The summed E-state index contributed by atoms with van der Waals surface area (Å²) in [6, 6.07) is 0.600. The molecule has 16 heavy (non-hydrogen) atoms. The fourth-order valence-corrected chi connectivity index (χ4v) is 2.30. The van der Waals surface area contributed by atoms with Gasteiger partial charge in [-0.15, -0.1) is 0 Å². The van der Waals surface area contributed by atoms with E-state index in [2.05, 4.69) is 21.8 Å². The standard InChI is InChI=1S/C12H19N3O/c1-2-11-5-3-4-6-15(11)12-8-13-10(9-16)7-14-12/h7-8,11,16H,2-6,9H2,1H3. The van der Waals surface area contributed by atoms with E-state index in [1.54, 1.807) is 12.4 Å². The number of nitrogens with zero attached hydrogens (tertiary/aromatic N) is 3. The highest BCUT2D eigenvalue weighted by atomic mass is 16.3. The lowest BCUT2D eigenvalue weighted by molar-refractivity contribution is 0.276. The quantitative estimate of drug-likeness (QED) is 0.844. The lowest BCUT2D eigenvalue weighted by Crippen LogP contribution is -2.39. The van der Waals surface area contributed by atoms with Crippen LogP contribution in [0, 0.1) is 0 Å². The molecule has 1 aromatic heterocycles. The highest BCUT2D eigenvalue weighted by Gasteiger charge is 2.21. The number of aromatic nitrogens is 2. The first kappa shape index (κ1) is 11.3. The molecular weight excluding hydrogens is 202 g/mol. The Hall–Kier alpha value is -1.16. The van der Waals surface area contributed by atoms with Gasteiger partial charge >= 0.3 is 0 Å². The molecule has 0 radical (unpaired) electrons. The first-order valence-electron chi connectivity index (χ1n) is 6.03. The van der Waals surface area contributed by atoms with Gasteiger partial charge in [-0.25, -0.2) is 4.98 Å². The Labute approximate surface area is 96.3 Å². The van der Waals surface area contributed by atoms with E-state index in [1.807, 2.05) is 0 Å². The fourth-order valence-electron chi connectivity index (χ4n) is 2.30. The first-order valence-corrected chi connectivity index (χ1v) is 6.03. The molecule has 1 fully saturated rings. The molecular formula is C12H19N3O. The number of piperidine rings is 1. The third-order valence-electron chi connectivity index (χ3n) is 3.25. The number of aliphatic hydroxyl groups is 1. The van der Waals surface area contributed by atoms with Crippen LogP contribution in [0.5, 0.6) is 0 Å². The second kappa shape index (κ2) is 5.25. The van der Waals surface area contributed by atoms with Gasteiger partial charge in [-0.3, -0.25) is 4.98 Å². The number of anilines is 1. The van der Waals surface area contributed by atoms with Crippen molar-refractivity contribution in [2.45, 2.75) is 45.3 Å². The first-order chi connectivity index (χ1) is 7.85. The summed E-state index contributed by atoms with van der Waals surface area (Å²) in [6.45, 7) is 3.26. The maximum Gasteiger partial charge on any atom is 0.147 e. The van der Waals surface area contributed by atoms with Crippen molar-refractivity contribution in [1.29, 1.82) is 0 Å². The van der Waals surface area contributed by atoms with Gasteiger partial charge in [0.15, 0.2) is 0 Å². The molecule has 2 rings (SSSR count). The van der Waals surface area contributed by atoms with E-state index in [4.69, 9.17) is 5.11 Å². The summed E-state index contributed by atoms with van der Waals surface area (Å²) < 4.78 is 0. The van der Waals surface area contributed by atoms with Crippen LogP contribution in [-0.4, -0.2) is 27.7 Å². The minimum absolute atomic E-state index is 0.0372. The van der Waals surface area contributed by atoms with Crippen molar-refractivity contribution < 1.29 is 5.11 Å². The van der Waals surface area contributed by atoms with Crippen molar-refractivity contribution in [2.24, 2.45) is 0 Å². The van der Waals surface area contributed by atoms with E-state index in [1.165, 1.54) is 19.3 Å². The highest BCUT2D eigenvalue weighted by molar-refractivity contribution is 5.37. The number of aliphatic hydroxyl groups excluding tert-OH is 1. The molecule has 1 unspecified atom stereocenters. The molecule has 0 bridgehead atoms. The second-order valence-corrected chi connectivity index (χ2v) is 4.28. The zero-order valence-corrected chi connectivity index (χ0v) is 9.76. The molecule has 0 aromatic carbocycles. The molecule has 4 heteroatoms. The summed E-state index contributed by atoms with van der Waals surface area (Å²) in [5.74, 6) is 0.948. The van der Waals surface area contributed by atoms with Crippen LogP contribution in [0.15, 0.2) is 12.4 Å². The molecule has 1 aliphatic rings. The van der Waals surface area contributed by atoms with Gasteiger partial charge in [0.25, 0.3) is 0 Å². The van der Waals surface area contributed by atoms with Gasteiger partial charge < -0.3 is 10.0 Å². The van der Waals surface area contributed by atoms with Crippen LogP contribution in [-0.2, 0) is 6.61 Å². The van der Waals surface area contributed by atoms with E-state index in [9.17, 15) is 0 Å². The molecule has 0 spiro atoms. The van der Waals surface area contributed by atoms with Crippen LogP contribution in [0.25, 0.3) is 0 Å². The van der Waals surface area contributed by atoms with Crippen LogP contribution in [0.2, 0.25) is 0 Å². The van der Waals surface area contributed by atoms with Gasteiger partial charge in [-0.1, -0.05) is 6.92 Å². The van der Waals surface area contributed by atoms with Crippen molar-refractivity contribution in [3.8, 4) is 0 Å². The molecule has 1 saturated heterocycles. The van der Waals surface area contributed by atoms with Crippen molar-refractivity contribution in [3.05, 3.63) is 18.1 Å². The van der Waals surface area contributed by atoms with Gasteiger partial charge in [0.05, 0.1) is 24.7 Å². The SMILES string of the molecule is CCC1CCCCN1c1cnc(CO)cn1. The number of hydrogen-bond acceptors (Lipinski definition) is 4. The minimum atomic E-state index is -0.0372. The Morgan fingerprint density at radius 1 is 1.38 bits per heavy atom. The van der Waals surface area contributed by atoms with Crippen LogP contribution in [0.1, 0.15) is 38.3 Å². The largest absolute Gasteiger partial charge is 0.390 e. The predicted molar refractivity (Wildman–Crippen MR) is 63.2 cm³/mol. The van der Waals surface area contributed by atoms with E-state index in [0.717, 1.165) is 18.8 Å². The molecule has 0 saturated carbocycles. The summed E-state index contributed by atoms with van der Waals surface area (Å²) in [4.78, 5) is 10.9. The van der Waals surface area contributed by atoms with E-state index in [0.29, 0.717) is 11.7 Å². The Balaban J connectivity index is 2.14. The van der Waals surface area contributed by atoms with Gasteiger partial charge in [0.1, 0.15) is 5.82 Å². The number of rotatable bonds is 3. The predicted octanol–water partition coefficient (Wildman–Crippen LogP) is 1.74. The van der Waals surface area contributed by atoms with Crippen LogP contribution >= 0.6 is 0 Å². The summed E-state index contributed by atoms with van der Waals surface area (Å²) in [5.41, 5.74) is 0.633. The smallest absolute Gasteiger partial charge is 0.147 e. The monoisotopic (exact) mass is 221 g/mol. The Morgan fingerprint density at radius 2 is 2.25 bits per heavy atom. The lowest BCUT2D eigenvalue weighted by Gasteiger charge is -2.35. The zero-order chi connectivity index (χ0) is 11.4. The molecule has 1 N–H and O–H groups in total. The van der Waals surface area contributed by atoms with Crippen molar-refractivity contribution in [3.63, 3.8) is 0 Å². The van der Waals surface area contributed by atoms with Crippen molar-refractivity contribution in [2.75, 3.05) is 11.4 Å². The molecule has 0 aliphatic carbocycles. The Bertz CT molecular complexity index is 326. The average Bonchev–Trinajstić information content (AvgIpc) is 2.39. The van der Waals surface area contributed by atoms with Crippen LogP contribution < -0.4 is 4.90 Å². The normalized spacial score (nSPS) is 21.1. The maximum atomic E-state index is 8.92. The van der Waals surface area contributed by atoms with Gasteiger partial charge in [0.2, 0.25) is 0 Å². The minimum Gasteiger partial charge on any atom is -0.390 e. The van der Waals surface area contributed by atoms with Crippen LogP contribution in [0.3, 0.4) is 0 Å². The summed E-state index contributed by atoms with van der Waals surface area (Å²) in [5, 5.41) is 8.92. The van der Waals surface area contributed by atoms with Crippen molar-refractivity contribution >= 4 is 5.82 Å². The molecule has 0 amide bonds. The molecule has 1 atom stereocenters. The summed E-state index contributed by atoms with van der Waals surface area (Å²) in [7, 11) is 0. The summed E-state index contributed by atoms with van der Waals surface area (Å²) >= 11 is 0. The third-order valence-corrected chi connectivity index (χ3v) is 3.25. The van der Waals surface area contributed by atoms with Gasteiger partial charge in [-0.2, -0.15) is 0 Å². The topological polar surface area (TPSA) is 49.2 Å². The van der Waals surface area contributed by atoms with Crippen LogP contribution in [0.4, 0.5) is 5.82 Å². The second-order valence-electron chi connectivity index (χ2n) is 4.28. The highest BCUT2D eigenvalue weighted by Crippen LogP contribution is 2.24. The number of hydrogen-bond donors (Lipinski definition) is 1. The molecule has 2 heterocycles. The molecule has 4 nitrogen and oxygen atoms in total. The maximum absolute atomic E-state index is 8.92. The fraction of sp³-hybridized carbons (Fsp3) is 0.667. The van der Waals surface area contributed by atoms with E-state index in [-0.39, 0.29) is 6.61 Å². The molecule has 1 aliphatic heterocycles. The Kier molecular flexibility index (Phi) is 3.72. The van der Waals surface area contributed by atoms with Gasteiger partial charge in [-0.05, 0) is 25.7 Å². The van der Waals surface area contributed by atoms with E-state index >= 15 is 0 Å². The van der Waals surface area contributed by atoms with Gasteiger partial charge in [0, 0.05) is 12.6 Å². The third kappa shape index (κ3) is 2.32.